The van der Waals surface area contributed by atoms with Gasteiger partial charge in [0.25, 0.3) is 0 Å². The second kappa shape index (κ2) is 2.50. The van der Waals surface area contributed by atoms with Crippen molar-refractivity contribution in [1.29, 1.82) is 0 Å². The quantitative estimate of drug-likeness (QED) is 0.561. The molecular weight excluding hydrogens is 177 g/mol. The van der Waals surface area contributed by atoms with Crippen LogP contribution in [0.5, 0.6) is 0 Å². The predicted molar refractivity (Wildman–Crippen MR) is 32.0 cm³/mol. The zero-order chi connectivity index (χ0) is 4.28. The number of hydrogen-bond donors (Lipinski definition) is 1. The topological polar surface area (TPSA) is 26.0 Å². The van der Waals surface area contributed by atoms with Crippen LogP contribution in [0.4, 0.5) is 0 Å². The first-order valence-corrected chi connectivity index (χ1v) is 2.54. The van der Waals surface area contributed by atoms with Crippen LogP contribution in [-0.4, -0.2) is 0 Å². The van der Waals surface area contributed by atoms with Crippen molar-refractivity contribution in [2.24, 2.45) is 5.73 Å². The molecule has 2 heteroatoms. The van der Waals surface area contributed by atoms with E-state index in [-0.39, 0.29) is 0 Å². The molecule has 0 aliphatic heterocycles. The second-order valence-electron chi connectivity index (χ2n) is 0.853. The third kappa shape index (κ3) is 4.27. The van der Waals surface area contributed by atoms with Crippen molar-refractivity contribution in [2.75, 3.05) is 0 Å². The fourth-order valence-corrected chi connectivity index (χ4v) is 0. The van der Waals surface area contributed by atoms with Crippen LogP contribution in [0, 0.1) is 0 Å². The van der Waals surface area contributed by atoms with Gasteiger partial charge in [-0.2, -0.15) is 0 Å². The molecule has 0 amide bonds. The molecule has 0 aliphatic rings. The predicted octanol–water partition coefficient (Wildman–Crippen LogP) is 1.24. The van der Waals surface area contributed by atoms with Gasteiger partial charge in [-0.3, -0.25) is 0 Å². The lowest BCUT2D eigenvalue weighted by Gasteiger charge is -1.75. The molecule has 0 spiro atoms. The lowest BCUT2D eigenvalue weighted by molar-refractivity contribution is 1.34. The third-order valence-corrected chi connectivity index (χ3v) is 1.15. The lowest BCUT2D eigenvalue weighted by Crippen LogP contribution is -1.85. The van der Waals surface area contributed by atoms with E-state index in [4.69, 9.17) is 5.73 Å². The summed E-state index contributed by atoms with van der Waals surface area (Å²) < 4.78 is 1.83. The van der Waals surface area contributed by atoms with Gasteiger partial charge >= 0.3 is 0 Å². The van der Waals surface area contributed by atoms with Gasteiger partial charge in [0.2, 0.25) is 0 Å². The van der Waals surface area contributed by atoms with Crippen molar-refractivity contribution in [3.05, 3.63) is 9.78 Å². The molecule has 0 unspecified atom stereocenters. The van der Waals surface area contributed by atoms with Crippen LogP contribution < -0.4 is 5.73 Å². The first-order chi connectivity index (χ1) is 2.27. The van der Waals surface area contributed by atoms with E-state index in [1.165, 1.54) is 0 Å². The van der Waals surface area contributed by atoms with E-state index < -0.39 is 0 Å². The minimum atomic E-state index is 0.866. The summed E-state index contributed by atoms with van der Waals surface area (Å²) in [7, 11) is 0. The molecule has 0 fully saturated rings. The van der Waals surface area contributed by atoms with Gasteiger partial charge < -0.3 is 5.73 Å². The third-order valence-electron chi connectivity index (χ3n) is 0.172. The Bertz CT molecular complexity index is 44.9. The van der Waals surface area contributed by atoms with E-state index in [1.54, 1.807) is 0 Å². The first kappa shape index (κ1) is 5.27. The van der Waals surface area contributed by atoms with Crippen LogP contribution in [0.25, 0.3) is 0 Å². The van der Waals surface area contributed by atoms with E-state index in [2.05, 4.69) is 22.6 Å². The van der Waals surface area contributed by atoms with Gasteiger partial charge in [0, 0.05) is 5.70 Å². The molecule has 0 heterocycles. The van der Waals surface area contributed by atoms with Crippen molar-refractivity contribution in [1.82, 2.24) is 0 Å². The van der Waals surface area contributed by atoms with Gasteiger partial charge in [0.15, 0.2) is 0 Å². The molecular formula is C3H6IN. The molecule has 2 N–H and O–H groups in total. The van der Waals surface area contributed by atoms with Crippen LogP contribution >= 0.6 is 22.6 Å². The van der Waals surface area contributed by atoms with E-state index in [0.29, 0.717) is 0 Å². The smallest absolute Gasteiger partial charge is 0.0110 e. The van der Waals surface area contributed by atoms with Crippen LogP contribution in [0.15, 0.2) is 9.78 Å². The molecule has 0 radical (unpaired) electrons. The van der Waals surface area contributed by atoms with E-state index in [0.717, 1.165) is 5.70 Å². The van der Waals surface area contributed by atoms with Crippen LogP contribution in [0.3, 0.4) is 0 Å². The molecule has 0 aliphatic carbocycles. The Labute approximate surface area is 45.4 Å². The van der Waals surface area contributed by atoms with Crippen molar-refractivity contribution in [2.45, 2.75) is 6.92 Å². The largest absolute Gasteiger partial charge is 0.402 e. The van der Waals surface area contributed by atoms with Crippen LogP contribution in [-0.2, 0) is 0 Å². The molecule has 1 nitrogen and oxygen atoms in total. The molecule has 0 aromatic rings. The highest BCUT2D eigenvalue weighted by Gasteiger charge is 1.61. The number of nitrogens with two attached hydrogens (primary N) is 1. The second-order valence-corrected chi connectivity index (χ2v) is 1.48. The Hall–Kier alpha value is 0.270. The Kier molecular flexibility index (Phi) is 2.64. The SMILES string of the molecule is C/C(N)=C/I. The fraction of sp³-hybridized carbons (Fsp3) is 0.333. The summed E-state index contributed by atoms with van der Waals surface area (Å²) in [6.45, 7) is 1.85. The highest BCUT2D eigenvalue weighted by molar-refractivity contribution is 14.1. The summed E-state index contributed by atoms with van der Waals surface area (Å²) in [5, 5.41) is 0. The average Bonchev–Trinajstić information content (AvgIpc) is 1.38. The van der Waals surface area contributed by atoms with E-state index in [9.17, 15) is 0 Å². The maximum Gasteiger partial charge on any atom is 0.0110 e. The maximum absolute atomic E-state index is 5.15. The monoisotopic (exact) mass is 183 g/mol. The zero-order valence-electron chi connectivity index (χ0n) is 3.03. The average molecular weight is 183 g/mol. The summed E-state index contributed by atoms with van der Waals surface area (Å²) in [5.41, 5.74) is 6.01. The number of hydrogen-bond acceptors (Lipinski definition) is 1. The zero-order valence-corrected chi connectivity index (χ0v) is 5.19. The van der Waals surface area contributed by atoms with E-state index >= 15 is 0 Å². The number of allylic oxidation sites excluding steroid dienone is 1. The normalized spacial score (nSPS) is 12.0. The van der Waals surface area contributed by atoms with Gasteiger partial charge in [0.05, 0.1) is 0 Å². The molecule has 0 atom stereocenters. The summed E-state index contributed by atoms with van der Waals surface area (Å²) in [4.78, 5) is 0. The van der Waals surface area contributed by atoms with Crippen LogP contribution in [0.1, 0.15) is 6.92 Å². The molecule has 0 rings (SSSR count). The van der Waals surface area contributed by atoms with Crippen LogP contribution in [0.2, 0.25) is 0 Å². The minimum absolute atomic E-state index is 0.866. The maximum atomic E-state index is 5.15. The Morgan fingerprint density at radius 3 is 2.20 bits per heavy atom. The summed E-state index contributed by atoms with van der Waals surface area (Å²) in [6.07, 6.45) is 0. The molecule has 30 valence electrons. The molecule has 0 aromatic carbocycles. The fourth-order valence-electron chi connectivity index (χ4n) is 0. The highest BCUT2D eigenvalue weighted by atomic mass is 127. The molecule has 0 saturated carbocycles. The summed E-state index contributed by atoms with van der Waals surface area (Å²) >= 11 is 2.09. The Morgan fingerprint density at radius 2 is 2.20 bits per heavy atom. The highest BCUT2D eigenvalue weighted by Crippen LogP contribution is 1.85. The standard InChI is InChI=1S/C3H6IN/c1-3(5)2-4/h2H,5H2,1H3/b3-2-. The van der Waals surface area contributed by atoms with Gasteiger partial charge in [-0.05, 0) is 11.0 Å². The Balaban J connectivity index is 3.14. The van der Waals surface area contributed by atoms with Crippen molar-refractivity contribution >= 4 is 22.6 Å². The van der Waals surface area contributed by atoms with Crippen molar-refractivity contribution < 1.29 is 0 Å². The molecule has 0 saturated heterocycles. The molecule has 0 bridgehead atoms. The summed E-state index contributed by atoms with van der Waals surface area (Å²) in [6, 6.07) is 0. The van der Waals surface area contributed by atoms with Crippen molar-refractivity contribution in [3.8, 4) is 0 Å². The Morgan fingerprint density at radius 1 is 2.00 bits per heavy atom. The van der Waals surface area contributed by atoms with Gasteiger partial charge in [-0.15, -0.1) is 0 Å². The minimum Gasteiger partial charge on any atom is -0.402 e. The van der Waals surface area contributed by atoms with Gasteiger partial charge in [-0.25, -0.2) is 0 Å². The first-order valence-electron chi connectivity index (χ1n) is 1.30. The lowest BCUT2D eigenvalue weighted by atomic mass is 10.6. The summed E-state index contributed by atoms with van der Waals surface area (Å²) in [5.74, 6) is 0. The number of halogens is 1. The van der Waals surface area contributed by atoms with Gasteiger partial charge in [-0.1, -0.05) is 22.6 Å². The van der Waals surface area contributed by atoms with Crippen molar-refractivity contribution in [3.63, 3.8) is 0 Å². The molecule has 5 heavy (non-hydrogen) atoms. The van der Waals surface area contributed by atoms with Gasteiger partial charge in [0.1, 0.15) is 0 Å². The van der Waals surface area contributed by atoms with E-state index in [1.807, 2.05) is 11.0 Å². The number of rotatable bonds is 0. The molecule has 0 aromatic heterocycles.